The average molecular weight is 561 g/mol. The number of anilines is 1. The first-order valence-corrected chi connectivity index (χ1v) is 13.4. The fourth-order valence-electron chi connectivity index (χ4n) is 4.24. The number of carbonyl (C=O) groups excluding carboxylic acids is 2. The predicted molar refractivity (Wildman–Crippen MR) is 132 cm³/mol. The van der Waals surface area contributed by atoms with Crippen LogP contribution in [0.25, 0.3) is 0 Å². The van der Waals surface area contributed by atoms with Gasteiger partial charge in [0.2, 0.25) is 5.60 Å². The number of thioether (sulfide) groups is 1. The lowest BCUT2D eigenvalue weighted by Gasteiger charge is -2.49. The highest BCUT2D eigenvalue weighted by atomic mass is 32.2. The molecule has 2 fully saturated rings. The molecular formula is C22H22N7O7S2+. The number of rotatable bonds is 9. The lowest BCUT2D eigenvalue weighted by Crippen LogP contribution is -2.71. The third-order valence-corrected chi connectivity index (χ3v) is 8.42. The molecule has 4 heterocycles. The van der Waals surface area contributed by atoms with E-state index in [1.54, 1.807) is 29.2 Å². The summed E-state index contributed by atoms with van der Waals surface area (Å²) in [6.45, 7) is 0.188. The Kier molecular flexibility index (Phi) is 6.75. The molecule has 0 spiro atoms. The smallest absolute Gasteiger partial charge is 0.352 e. The maximum Gasteiger partial charge on any atom is 0.352 e. The molecule has 14 nitrogen and oxygen atoms in total. The normalized spacial score (nSPS) is 22.2. The molecule has 2 amide bonds. The van der Waals surface area contributed by atoms with E-state index < -0.39 is 40.8 Å². The summed E-state index contributed by atoms with van der Waals surface area (Å²) in [6, 6.07) is 2.45. The molecule has 3 aliphatic rings. The Balaban J connectivity index is 1.36. The number of aromatic nitrogens is 3. The average Bonchev–Trinajstić information content (AvgIpc) is 3.29. The molecule has 1 aliphatic carbocycles. The van der Waals surface area contributed by atoms with Crippen LogP contribution in [0.2, 0.25) is 0 Å². The van der Waals surface area contributed by atoms with Gasteiger partial charge < -0.3 is 26.1 Å². The Hall–Kier alpha value is -4.05. The standard InChI is InChI=1S/C22H21N7O7S2/c23-21-25-12(10-38-21)13(27-36-22(20(34)35)4-3-5-22)16(30)26-14-17(31)29-15(19(32)33)11(9-37-18(14)29)8-28-7-2-1-6-24-28/h1-2,6-7,10,14,18H,3-5,8-9H2,(H4-,23,25,26,30,32,33,34,35)/p+1/b27-13-/t14-,18-/m1/s1. The molecule has 0 aromatic carbocycles. The molecule has 38 heavy (non-hydrogen) atoms. The molecule has 1 saturated carbocycles. The van der Waals surface area contributed by atoms with Crippen molar-refractivity contribution < 1.29 is 38.9 Å². The van der Waals surface area contributed by atoms with Gasteiger partial charge in [-0.3, -0.25) is 14.5 Å². The minimum absolute atomic E-state index is 0.0607. The van der Waals surface area contributed by atoms with Gasteiger partial charge in [-0.05, 0) is 17.6 Å². The van der Waals surface area contributed by atoms with Gasteiger partial charge in [-0.2, -0.15) is 0 Å². The second-order valence-corrected chi connectivity index (χ2v) is 10.8. The highest BCUT2D eigenvalue weighted by molar-refractivity contribution is 8.00. The van der Waals surface area contributed by atoms with E-state index in [-0.39, 0.29) is 41.6 Å². The molecule has 198 valence electrons. The molecule has 16 heteroatoms. The van der Waals surface area contributed by atoms with Crippen molar-refractivity contribution in [3.8, 4) is 0 Å². The molecule has 1 saturated heterocycles. The van der Waals surface area contributed by atoms with Gasteiger partial charge in [0.25, 0.3) is 11.8 Å². The van der Waals surface area contributed by atoms with Crippen LogP contribution in [-0.2, 0) is 30.6 Å². The summed E-state index contributed by atoms with van der Waals surface area (Å²) in [7, 11) is 0. The number of carbonyl (C=O) groups is 4. The highest BCUT2D eigenvalue weighted by Gasteiger charge is 2.55. The van der Waals surface area contributed by atoms with E-state index in [4.69, 9.17) is 10.6 Å². The molecule has 0 bridgehead atoms. The van der Waals surface area contributed by atoms with Crippen LogP contribution in [0.4, 0.5) is 5.13 Å². The fraction of sp³-hybridized carbons (Fsp3) is 0.364. The first kappa shape index (κ1) is 25.6. The number of nitrogens with one attached hydrogen (secondary N) is 1. The summed E-state index contributed by atoms with van der Waals surface area (Å²) in [6.07, 6.45) is 4.37. The number of β-lactam (4-membered cyclic amide) rings is 1. The van der Waals surface area contributed by atoms with Gasteiger partial charge in [0, 0.05) is 35.6 Å². The van der Waals surface area contributed by atoms with Gasteiger partial charge in [-0.1, -0.05) is 9.84 Å². The highest BCUT2D eigenvalue weighted by Crippen LogP contribution is 2.40. The molecule has 2 atom stereocenters. The summed E-state index contributed by atoms with van der Waals surface area (Å²) in [5, 5.41) is 30.9. The number of aliphatic carboxylic acids is 2. The lowest BCUT2D eigenvalue weighted by atomic mass is 9.80. The Bertz CT molecular complexity index is 1370. The van der Waals surface area contributed by atoms with Crippen molar-refractivity contribution >= 4 is 57.7 Å². The van der Waals surface area contributed by atoms with Crippen LogP contribution in [-0.4, -0.2) is 77.4 Å². The monoisotopic (exact) mass is 560 g/mol. The van der Waals surface area contributed by atoms with E-state index in [1.807, 2.05) is 0 Å². The van der Waals surface area contributed by atoms with Crippen molar-refractivity contribution in [1.29, 1.82) is 0 Å². The number of amides is 2. The van der Waals surface area contributed by atoms with Crippen molar-refractivity contribution in [2.75, 3.05) is 11.5 Å². The minimum atomic E-state index is -1.53. The van der Waals surface area contributed by atoms with Crippen LogP contribution in [0.5, 0.6) is 0 Å². The zero-order valence-electron chi connectivity index (χ0n) is 19.6. The van der Waals surface area contributed by atoms with Gasteiger partial charge in [0.15, 0.2) is 23.6 Å². The number of carboxylic acid groups (broad SMARTS) is 2. The summed E-state index contributed by atoms with van der Waals surface area (Å²) in [5.74, 6) is -3.58. The number of carboxylic acids is 2. The summed E-state index contributed by atoms with van der Waals surface area (Å²) >= 11 is 2.35. The summed E-state index contributed by atoms with van der Waals surface area (Å²) < 4.78 is 1.57. The van der Waals surface area contributed by atoms with Crippen LogP contribution in [0.3, 0.4) is 0 Å². The van der Waals surface area contributed by atoms with E-state index in [2.05, 4.69) is 20.6 Å². The number of hydrogen-bond donors (Lipinski definition) is 4. The van der Waals surface area contributed by atoms with Crippen LogP contribution in [0.1, 0.15) is 25.0 Å². The van der Waals surface area contributed by atoms with Crippen molar-refractivity contribution in [1.82, 2.24) is 20.3 Å². The van der Waals surface area contributed by atoms with Crippen LogP contribution < -0.4 is 15.7 Å². The zero-order valence-corrected chi connectivity index (χ0v) is 21.3. The third kappa shape index (κ3) is 4.56. The van der Waals surface area contributed by atoms with E-state index in [0.29, 0.717) is 17.7 Å². The SMILES string of the molecule is Nc1nc(/C(=N/OC2(C(=O)O)CCC2)C(=O)N[C@@H]2C(=O)N3C(C(=O)O)=C(C[n+]4ccccn4)CS[C@H]23)cs1. The van der Waals surface area contributed by atoms with Crippen molar-refractivity contribution in [2.24, 2.45) is 5.16 Å². The summed E-state index contributed by atoms with van der Waals surface area (Å²) in [4.78, 5) is 60.6. The number of oxime groups is 1. The lowest BCUT2D eigenvalue weighted by molar-refractivity contribution is -0.746. The van der Waals surface area contributed by atoms with Gasteiger partial charge in [0.1, 0.15) is 22.8 Å². The van der Waals surface area contributed by atoms with Crippen molar-refractivity contribution in [3.63, 3.8) is 0 Å². The number of fused-ring (bicyclic) bond motifs is 1. The second-order valence-electron chi connectivity index (χ2n) is 8.77. The van der Waals surface area contributed by atoms with E-state index in [0.717, 1.165) is 16.2 Å². The first-order chi connectivity index (χ1) is 18.2. The number of hydrogen-bond acceptors (Lipinski definition) is 11. The molecule has 5 N–H and O–H groups in total. The van der Waals surface area contributed by atoms with E-state index in [1.165, 1.54) is 17.1 Å². The number of nitrogens with two attached hydrogens (primary N) is 1. The zero-order chi connectivity index (χ0) is 27.0. The summed E-state index contributed by atoms with van der Waals surface area (Å²) in [5.41, 5.74) is 4.27. The quantitative estimate of drug-likeness (QED) is 0.134. The Labute approximate surface area is 223 Å². The fourth-order valence-corrected chi connectivity index (χ4v) is 6.12. The molecule has 2 aromatic rings. The Morgan fingerprint density at radius 3 is 2.68 bits per heavy atom. The van der Waals surface area contributed by atoms with Gasteiger partial charge in [-0.15, -0.1) is 23.1 Å². The molecule has 2 aliphatic heterocycles. The third-order valence-electron chi connectivity index (χ3n) is 6.40. The number of thiazole rings is 1. The van der Waals surface area contributed by atoms with E-state index >= 15 is 0 Å². The number of nitrogens with zero attached hydrogens (tertiary/aromatic N) is 5. The maximum atomic E-state index is 13.2. The molecule has 0 radical (unpaired) electrons. The molecular weight excluding hydrogens is 538 g/mol. The predicted octanol–water partition coefficient (Wildman–Crippen LogP) is -0.425. The first-order valence-electron chi connectivity index (χ1n) is 11.4. The molecule has 2 aromatic heterocycles. The Morgan fingerprint density at radius 1 is 1.32 bits per heavy atom. The van der Waals surface area contributed by atoms with Crippen molar-refractivity contribution in [3.05, 3.63) is 46.9 Å². The van der Waals surface area contributed by atoms with Gasteiger partial charge in [-0.25, -0.2) is 14.6 Å². The van der Waals surface area contributed by atoms with Gasteiger partial charge in [0.05, 0.1) is 6.20 Å². The Morgan fingerprint density at radius 2 is 2.11 bits per heavy atom. The molecule has 0 unspecified atom stereocenters. The minimum Gasteiger partial charge on any atom is -0.478 e. The molecule has 5 rings (SSSR count). The largest absolute Gasteiger partial charge is 0.478 e. The second kappa shape index (κ2) is 10.0. The number of nitrogen functional groups attached to an aromatic ring is 1. The maximum absolute atomic E-state index is 13.2. The van der Waals surface area contributed by atoms with E-state index in [9.17, 15) is 29.4 Å². The van der Waals surface area contributed by atoms with Crippen LogP contribution >= 0.6 is 23.1 Å². The van der Waals surface area contributed by atoms with Crippen LogP contribution in [0, 0.1) is 0 Å². The van der Waals surface area contributed by atoms with Crippen molar-refractivity contribution in [2.45, 2.75) is 42.8 Å². The van der Waals surface area contributed by atoms with Gasteiger partial charge >= 0.3 is 11.9 Å². The van der Waals surface area contributed by atoms with Crippen LogP contribution in [0.15, 0.2) is 46.3 Å². The topological polar surface area (TPSA) is 201 Å².